The second kappa shape index (κ2) is 8.07. The molecule has 0 radical (unpaired) electrons. The van der Waals surface area contributed by atoms with E-state index in [-0.39, 0.29) is 11.3 Å². The van der Waals surface area contributed by atoms with Crippen molar-refractivity contribution in [2.24, 2.45) is 0 Å². The highest BCUT2D eigenvalue weighted by molar-refractivity contribution is 9.10. The van der Waals surface area contributed by atoms with Gasteiger partial charge in [-0.25, -0.2) is 9.78 Å². The van der Waals surface area contributed by atoms with Crippen molar-refractivity contribution in [2.45, 2.75) is 13.8 Å². The molecule has 6 rings (SSSR count). The maximum atomic E-state index is 12.9. The zero-order valence-corrected chi connectivity index (χ0v) is 21.8. The molecule has 3 aromatic heterocycles. The van der Waals surface area contributed by atoms with Gasteiger partial charge in [0, 0.05) is 41.8 Å². The first-order valence-corrected chi connectivity index (χ1v) is 12.5. The lowest BCUT2D eigenvalue weighted by molar-refractivity contribution is 0.0698. The van der Waals surface area contributed by atoms with Crippen molar-refractivity contribution in [2.75, 3.05) is 0 Å². The molecule has 0 amide bonds. The molecule has 172 valence electrons. The van der Waals surface area contributed by atoms with Gasteiger partial charge in [0.25, 0.3) is 0 Å². The number of hydrogen-bond donors (Lipinski definition) is 1. The van der Waals surface area contributed by atoms with Crippen LogP contribution in [-0.2, 0) is 0 Å². The summed E-state index contributed by atoms with van der Waals surface area (Å²) in [4.78, 5) is 17.6. The molecule has 0 unspecified atom stereocenters. The number of carboxylic acid groups (broad SMARTS) is 1. The van der Waals surface area contributed by atoms with Crippen molar-refractivity contribution in [1.82, 2.24) is 4.98 Å². The first-order chi connectivity index (χ1) is 16.8. The highest BCUT2D eigenvalue weighted by Crippen LogP contribution is 2.44. The molecule has 7 heteroatoms. The fraction of sp³-hybridized carbons (Fsp3) is 0.0714. The number of carboxylic acids is 1. The Kier molecular flexibility index (Phi) is 5.09. The Morgan fingerprint density at radius 2 is 1.37 bits per heavy atom. The summed E-state index contributed by atoms with van der Waals surface area (Å²) in [7, 11) is 0. The van der Waals surface area contributed by atoms with Crippen LogP contribution < -0.4 is 0 Å². The lowest BCUT2D eigenvalue weighted by Crippen LogP contribution is -2.06. The molecule has 0 aliphatic rings. The summed E-state index contributed by atoms with van der Waals surface area (Å²) in [5.41, 5.74) is 4.50. The highest BCUT2D eigenvalue weighted by Gasteiger charge is 2.29. The lowest BCUT2D eigenvalue weighted by atomic mass is 9.94. The van der Waals surface area contributed by atoms with Gasteiger partial charge in [0.2, 0.25) is 0 Å². The summed E-state index contributed by atoms with van der Waals surface area (Å²) in [6, 6.07) is 19.0. The van der Waals surface area contributed by atoms with Gasteiger partial charge in [-0.2, -0.15) is 0 Å². The summed E-state index contributed by atoms with van der Waals surface area (Å²) in [5.74, 6) is -0.166. The number of halogens is 2. The summed E-state index contributed by atoms with van der Waals surface area (Å²) >= 11 is 7.03. The van der Waals surface area contributed by atoms with Gasteiger partial charge < -0.3 is 13.9 Å². The zero-order chi connectivity index (χ0) is 24.4. The molecule has 6 aromatic rings. The minimum atomic E-state index is -1.10. The third kappa shape index (κ3) is 3.41. The molecular weight excluding hydrogens is 574 g/mol. The monoisotopic (exact) mass is 589 g/mol. The van der Waals surface area contributed by atoms with E-state index in [2.05, 4.69) is 31.9 Å². The van der Waals surface area contributed by atoms with E-state index in [1.807, 2.05) is 74.5 Å². The molecule has 35 heavy (non-hydrogen) atoms. The van der Waals surface area contributed by atoms with Crippen LogP contribution in [0.25, 0.3) is 55.6 Å². The number of hydrogen-bond acceptors (Lipinski definition) is 4. The topological polar surface area (TPSA) is 76.5 Å². The van der Waals surface area contributed by atoms with Crippen LogP contribution in [0.5, 0.6) is 0 Å². The largest absolute Gasteiger partial charge is 0.478 e. The average Bonchev–Trinajstić information content (AvgIpc) is 3.34. The minimum absolute atomic E-state index is 0.0474. The average molecular weight is 591 g/mol. The Bertz CT molecular complexity index is 1830. The molecule has 3 aromatic carbocycles. The highest BCUT2D eigenvalue weighted by atomic mass is 79.9. The molecule has 0 spiro atoms. The smallest absolute Gasteiger partial charge is 0.338 e. The van der Waals surface area contributed by atoms with Gasteiger partial charge in [0.15, 0.2) is 5.76 Å². The van der Waals surface area contributed by atoms with Crippen molar-refractivity contribution < 1.29 is 18.7 Å². The van der Waals surface area contributed by atoms with Crippen LogP contribution in [0.3, 0.4) is 0 Å². The fourth-order valence-corrected chi connectivity index (χ4v) is 5.39. The quantitative estimate of drug-likeness (QED) is 0.223. The number of aryl methyl sites for hydroxylation is 2. The summed E-state index contributed by atoms with van der Waals surface area (Å²) < 4.78 is 14.3. The van der Waals surface area contributed by atoms with Gasteiger partial charge in [-0.05, 0) is 56.3 Å². The summed E-state index contributed by atoms with van der Waals surface area (Å²) in [6.07, 6.45) is 0. The predicted octanol–water partition coefficient (Wildman–Crippen LogP) is 8.90. The molecule has 1 N–H and O–H groups in total. The Balaban J connectivity index is 1.77. The third-order valence-electron chi connectivity index (χ3n) is 6.34. The number of pyridine rings is 1. The standard InChI is InChI=1S/C28H17Br2NO4/c1-13-18-11-15(29)7-9-21(18)34-26(13)23-17-5-3-4-6-20(17)31-25(24(23)28(32)33)27-14(2)19-12-16(30)8-10-22(19)35-27/h3-12H,1-2H3,(H,32,33). The van der Waals surface area contributed by atoms with Crippen LogP contribution in [0, 0.1) is 13.8 Å². The van der Waals surface area contributed by atoms with Crippen molar-refractivity contribution in [3.63, 3.8) is 0 Å². The number of furan rings is 2. The van der Waals surface area contributed by atoms with E-state index in [4.69, 9.17) is 13.8 Å². The second-order valence-corrected chi connectivity index (χ2v) is 10.3. The molecule has 0 saturated carbocycles. The Morgan fingerprint density at radius 3 is 2.00 bits per heavy atom. The molecule has 0 saturated heterocycles. The van der Waals surface area contributed by atoms with Gasteiger partial charge >= 0.3 is 5.97 Å². The van der Waals surface area contributed by atoms with Crippen molar-refractivity contribution >= 4 is 70.7 Å². The first kappa shape index (κ1) is 22.1. The van der Waals surface area contributed by atoms with Crippen LogP contribution in [0.4, 0.5) is 0 Å². The zero-order valence-electron chi connectivity index (χ0n) is 18.6. The molecule has 0 atom stereocenters. The SMILES string of the molecule is Cc1c(-c2nc3ccccc3c(-c3oc4ccc(Br)cc4c3C)c2C(=O)O)oc2ccc(Br)cc12. The molecule has 0 aliphatic heterocycles. The Labute approximate surface area is 216 Å². The van der Waals surface area contributed by atoms with Gasteiger partial charge in [-0.1, -0.05) is 50.1 Å². The summed E-state index contributed by atoms with van der Waals surface area (Å²) in [6.45, 7) is 3.86. The number of carbonyl (C=O) groups is 1. The van der Waals surface area contributed by atoms with Crippen LogP contribution in [0.15, 0.2) is 78.4 Å². The van der Waals surface area contributed by atoms with E-state index in [0.29, 0.717) is 39.2 Å². The molecule has 3 heterocycles. The fourth-order valence-electron chi connectivity index (χ4n) is 4.67. The maximum absolute atomic E-state index is 12.9. The molecule has 0 aliphatic carbocycles. The van der Waals surface area contributed by atoms with E-state index < -0.39 is 5.97 Å². The molecular formula is C28H17Br2NO4. The minimum Gasteiger partial charge on any atom is -0.478 e. The summed E-state index contributed by atoms with van der Waals surface area (Å²) in [5, 5.41) is 13.0. The number of aromatic nitrogens is 1. The number of aromatic carboxylic acids is 1. The van der Waals surface area contributed by atoms with Gasteiger partial charge in [0.1, 0.15) is 28.2 Å². The van der Waals surface area contributed by atoms with Crippen molar-refractivity contribution in [3.05, 3.63) is 86.3 Å². The van der Waals surface area contributed by atoms with Crippen molar-refractivity contribution in [3.8, 4) is 22.8 Å². The third-order valence-corrected chi connectivity index (χ3v) is 7.33. The number of benzene rings is 3. The normalized spacial score (nSPS) is 11.7. The second-order valence-electron chi connectivity index (χ2n) is 8.43. The van der Waals surface area contributed by atoms with E-state index >= 15 is 0 Å². The number of nitrogens with zero attached hydrogens (tertiary/aromatic N) is 1. The number of para-hydroxylation sites is 1. The Hall–Kier alpha value is -3.42. The Morgan fingerprint density at radius 1 is 0.800 bits per heavy atom. The predicted molar refractivity (Wildman–Crippen MR) is 144 cm³/mol. The first-order valence-electron chi connectivity index (χ1n) is 10.9. The van der Waals surface area contributed by atoms with Gasteiger partial charge in [0.05, 0.1) is 5.52 Å². The number of fused-ring (bicyclic) bond motifs is 3. The molecule has 0 fully saturated rings. The van der Waals surface area contributed by atoms with Gasteiger partial charge in [-0.3, -0.25) is 0 Å². The van der Waals surface area contributed by atoms with Crippen LogP contribution in [0.2, 0.25) is 0 Å². The van der Waals surface area contributed by atoms with Crippen LogP contribution >= 0.6 is 31.9 Å². The van der Waals surface area contributed by atoms with Crippen LogP contribution in [0.1, 0.15) is 21.5 Å². The van der Waals surface area contributed by atoms with E-state index in [0.717, 1.165) is 30.8 Å². The van der Waals surface area contributed by atoms with Crippen molar-refractivity contribution in [1.29, 1.82) is 0 Å². The van der Waals surface area contributed by atoms with Gasteiger partial charge in [-0.15, -0.1) is 0 Å². The lowest BCUT2D eigenvalue weighted by Gasteiger charge is -2.13. The number of rotatable bonds is 3. The molecule has 0 bridgehead atoms. The van der Waals surface area contributed by atoms with E-state index in [1.54, 1.807) is 0 Å². The van der Waals surface area contributed by atoms with E-state index in [9.17, 15) is 9.90 Å². The molecule has 5 nitrogen and oxygen atoms in total. The maximum Gasteiger partial charge on any atom is 0.338 e. The van der Waals surface area contributed by atoms with E-state index in [1.165, 1.54) is 0 Å². The van der Waals surface area contributed by atoms with Crippen LogP contribution in [-0.4, -0.2) is 16.1 Å².